The highest BCUT2D eigenvalue weighted by molar-refractivity contribution is 7.24. The number of hydrogen-bond donors (Lipinski definition) is 0. The number of thiophene rings is 2. The van der Waals surface area contributed by atoms with Gasteiger partial charge < -0.3 is 9.13 Å². The van der Waals surface area contributed by atoms with E-state index in [4.69, 9.17) is 0 Å². The monoisotopic (exact) mass is 496 g/mol. The third kappa shape index (κ3) is 2.83. The van der Waals surface area contributed by atoms with Crippen LogP contribution >= 0.6 is 22.7 Å². The standard InChI is InChI=1S/C32H20N2S2/c1-5-13-25-21(9-1)22-10-2-6-14-26(22)33(25)31-19-17-29(35-31)30-18-20-32(36-30)34-27-15-7-3-11-23(27)24-12-4-8-16-28(24)34/h1-20H. The lowest BCUT2D eigenvalue weighted by molar-refractivity contribution is 1.22. The molecule has 0 aliphatic carbocycles. The molecule has 0 fully saturated rings. The minimum Gasteiger partial charge on any atom is -0.301 e. The average Bonchev–Trinajstić information content (AvgIpc) is 3.71. The van der Waals surface area contributed by atoms with Crippen LogP contribution in [0.15, 0.2) is 121 Å². The number of rotatable bonds is 3. The Labute approximate surface area is 215 Å². The number of aromatic nitrogens is 2. The quantitative estimate of drug-likeness (QED) is 0.230. The second kappa shape index (κ2) is 7.69. The molecule has 36 heavy (non-hydrogen) atoms. The van der Waals surface area contributed by atoms with Gasteiger partial charge in [-0.1, -0.05) is 72.8 Å². The Balaban J connectivity index is 1.27. The summed E-state index contributed by atoms with van der Waals surface area (Å²) in [5.41, 5.74) is 5.02. The molecule has 2 nitrogen and oxygen atoms in total. The fourth-order valence-corrected chi connectivity index (χ4v) is 7.64. The van der Waals surface area contributed by atoms with E-state index < -0.39 is 0 Å². The first kappa shape index (κ1) is 20.1. The van der Waals surface area contributed by atoms with Crippen molar-refractivity contribution in [3.8, 4) is 19.8 Å². The van der Waals surface area contributed by atoms with Gasteiger partial charge in [-0.3, -0.25) is 0 Å². The van der Waals surface area contributed by atoms with Crippen LogP contribution in [-0.4, -0.2) is 9.13 Å². The van der Waals surface area contributed by atoms with Crippen molar-refractivity contribution in [2.45, 2.75) is 0 Å². The molecule has 0 bridgehead atoms. The molecule has 0 spiro atoms. The predicted octanol–water partition coefficient (Wildman–Crippen LogP) is 9.67. The number of para-hydroxylation sites is 4. The Hall–Kier alpha value is -4.12. The summed E-state index contributed by atoms with van der Waals surface area (Å²) in [6.45, 7) is 0. The summed E-state index contributed by atoms with van der Waals surface area (Å²) in [7, 11) is 0. The van der Waals surface area contributed by atoms with E-state index in [1.807, 2.05) is 22.7 Å². The van der Waals surface area contributed by atoms with Crippen molar-refractivity contribution in [1.29, 1.82) is 0 Å². The normalized spacial score (nSPS) is 11.9. The van der Waals surface area contributed by atoms with Crippen molar-refractivity contribution < 1.29 is 0 Å². The highest BCUT2D eigenvalue weighted by Gasteiger charge is 2.16. The maximum absolute atomic E-state index is 2.40. The van der Waals surface area contributed by atoms with Gasteiger partial charge >= 0.3 is 0 Å². The molecule has 0 unspecified atom stereocenters. The lowest BCUT2D eigenvalue weighted by Crippen LogP contribution is -1.89. The van der Waals surface area contributed by atoms with Crippen LogP contribution in [0.1, 0.15) is 0 Å². The fourth-order valence-electron chi connectivity index (χ4n) is 5.48. The first-order valence-electron chi connectivity index (χ1n) is 12.0. The molecule has 4 aromatic carbocycles. The van der Waals surface area contributed by atoms with Crippen LogP contribution < -0.4 is 0 Å². The van der Waals surface area contributed by atoms with Gasteiger partial charge in [0.25, 0.3) is 0 Å². The Bertz CT molecular complexity index is 1810. The molecule has 4 heteroatoms. The maximum atomic E-state index is 2.40. The smallest absolute Gasteiger partial charge is 0.101 e. The van der Waals surface area contributed by atoms with Crippen LogP contribution in [0.2, 0.25) is 0 Å². The van der Waals surface area contributed by atoms with E-state index in [0.29, 0.717) is 0 Å². The van der Waals surface area contributed by atoms with E-state index in [1.165, 1.54) is 63.4 Å². The zero-order chi connectivity index (χ0) is 23.6. The number of fused-ring (bicyclic) bond motifs is 6. The average molecular weight is 497 g/mol. The molecule has 4 heterocycles. The number of hydrogen-bond acceptors (Lipinski definition) is 2. The largest absolute Gasteiger partial charge is 0.301 e. The number of nitrogens with zero attached hydrogens (tertiary/aromatic N) is 2. The zero-order valence-electron chi connectivity index (χ0n) is 19.3. The molecule has 170 valence electrons. The minimum atomic E-state index is 1.24. The Morgan fingerprint density at radius 2 is 0.639 bits per heavy atom. The van der Waals surface area contributed by atoms with Crippen LogP contribution in [0, 0.1) is 0 Å². The van der Waals surface area contributed by atoms with Crippen LogP contribution in [0.5, 0.6) is 0 Å². The molecule has 0 aliphatic rings. The van der Waals surface area contributed by atoms with E-state index >= 15 is 0 Å². The second-order valence-corrected chi connectivity index (χ2v) is 11.1. The molecule has 0 atom stereocenters. The molecular formula is C32H20N2S2. The van der Waals surface area contributed by atoms with Gasteiger partial charge in [-0.15, -0.1) is 22.7 Å². The molecule has 8 aromatic rings. The van der Waals surface area contributed by atoms with Crippen molar-refractivity contribution >= 4 is 66.3 Å². The Kier molecular flexibility index (Phi) is 4.30. The second-order valence-electron chi connectivity index (χ2n) is 9.02. The van der Waals surface area contributed by atoms with Crippen molar-refractivity contribution in [1.82, 2.24) is 9.13 Å². The summed E-state index contributed by atoms with van der Waals surface area (Å²) >= 11 is 3.71. The van der Waals surface area contributed by atoms with E-state index in [1.54, 1.807) is 0 Å². The third-order valence-corrected chi connectivity index (χ3v) is 9.36. The van der Waals surface area contributed by atoms with Gasteiger partial charge in [0.2, 0.25) is 0 Å². The van der Waals surface area contributed by atoms with Gasteiger partial charge in [-0.2, -0.15) is 0 Å². The van der Waals surface area contributed by atoms with Gasteiger partial charge in [-0.25, -0.2) is 0 Å². The van der Waals surface area contributed by atoms with E-state index in [2.05, 4.69) is 130 Å². The molecule has 0 amide bonds. The van der Waals surface area contributed by atoms with Gasteiger partial charge in [0.05, 0.1) is 22.1 Å². The van der Waals surface area contributed by atoms with Gasteiger partial charge in [0, 0.05) is 31.3 Å². The Morgan fingerprint density at radius 3 is 0.972 bits per heavy atom. The van der Waals surface area contributed by atoms with Crippen molar-refractivity contribution in [3.63, 3.8) is 0 Å². The first-order valence-corrected chi connectivity index (χ1v) is 13.7. The fraction of sp³-hybridized carbons (Fsp3) is 0. The molecular weight excluding hydrogens is 477 g/mol. The lowest BCUT2D eigenvalue weighted by atomic mass is 10.2. The maximum Gasteiger partial charge on any atom is 0.101 e. The molecule has 0 saturated heterocycles. The third-order valence-electron chi connectivity index (χ3n) is 7.03. The van der Waals surface area contributed by atoms with Gasteiger partial charge in [0.1, 0.15) is 10.0 Å². The predicted molar refractivity (Wildman–Crippen MR) is 156 cm³/mol. The summed E-state index contributed by atoms with van der Waals surface area (Å²) in [5, 5.41) is 7.68. The molecule has 4 aromatic heterocycles. The summed E-state index contributed by atoms with van der Waals surface area (Å²) in [6.07, 6.45) is 0. The van der Waals surface area contributed by atoms with E-state index in [0.717, 1.165) is 0 Å². The van der Waals surface area contributed by atoms with Crippen LogP contribution in [0.3, 0.4) is 0 Å². The Morgan fingerprint density at radius 1 is 0.333 bits per heavy atom. The van der Waals surface area contributed by atoms with E-state index in [-0.39, 0.29) is 0 Å². The van der Waals surface area contributed by atoms with Crippen LogP contribution in [0.4, 0.5) is 0 Å². The number of benzene rings is 4. The highest BCUT2D eigenvalue weighted by Crippen LogP contribution is 2.41. The lowest BCUT2D eigenvalue weighted by Gasteiger charge is -2.04. The van der Waals surface area contributed by atoms with Crippen LogP contribution in [0.25, 0.3) is 63.4 Å². The van der Waals surface area contributed by atoms with Crippen molar-refractivity contribution in [2.75, 3.05) is 0 Å². The molecule has 0 saturated carbocycles. The molecule has 0 aliphatic heterocycles. The first-order chi connectivity index (χ1) is 17.9. The zero-order valence-corrected chi connectivity index (χ0v) is 20.9. The summed E-state index contributed by atoms with van der Waals surface area (Å²) in [4.78, 5) is 2.59. The summed E-state index contributed by atoms with van der Waals surface area (Å²) < 4.78 is 4.81. The van der Waals surface area contributed by atoms with Crippen LogP contribution in [-0.2, 0) is 0 Å². The van der Waals surface area contributed by atoms with Crippen molar-refractivity contribution in [2.24, 2.45) is 0 Å². The summed E-state index contributed by atoms with van der Waals surface area (Å²) in [6, 6.07) is 43.9. The molecule has 8 rings (SSSR count). The van der Waals surface area contributed by atoms with Crippen molar-refractivity contribution in [3.05, 3.63) is 121 Å². The SMILES string of the molecule is c1ccc2c(c1)c1ccccc1n2-c1ccc(-c2ccc(-n3c4ccccc4c4ccccc43)s2)s1. The summed E-state index contributed by atoms with van der Waals surface area (Å²) in [5.74, 6) is 0. The topological polar surface area (TPSA) is 9.86 Å². The van der Waals surface area contributed by atoms with Gasteiger partial charge in [-0.05, 0) is 48.5 Å². The van der Waals surface area contributed by atoms with Gasteiger partial charge in [0.15, 0.2) is 0 Å². The minimum absolute atomic E-state index is 1.24. The molecule has 0 N–H and O–H groups in total. The molecule has 0 radical (unpaired) electrons. The van der Waals surface area contributed by atoms with E-state index in [9.17, 15) is 0 Å². The highest BCUT2D eigenvalue weighted by atomic mass is 32.1.